The molecule has 1 saturated heterocycles. The van der Waals surface area contributed by atoms with Gasteiger partial charge in [-0.3, -0.25) is 9.59 Å². The average Bonchev–Trinajstić information content (AvgIpc) is 2.86. The number of hydrogen-bond acceptors (Lipinski definition) is 4. The van der Waals surface area contributed by atoms with Gasteiger partial charge in [-0.15, -0.1) is 0 Å². The van der Waals surface area contributed by atoms with Crippen molar-refractivity contribution in [1.29, 1.82) is 0 Å². The van der Waals surface area contributed by atoms with Crippen LogP contribution in [-0.2, 0) is 14.3 Å². The topological polar surface area (TPSA) is 83.8 Å². The molecule has 5 heteroatoms. The van der Waals surface area contributed by atoms with E-state index < -0.39 is 23.9 Å². The zero-order chi connectivity index (χ0) is 19.4. The number of carbonyl (C=O) groups excluding carboxylic acids is 1. The predicted molar refractivity (Wildman–Crippen MR) is 102 cm³/mol. The standard InChI is InChI=1S/C21H38O5/c1-16(22)14-12-10-8-6-4-3-5-7-9-11-13-15-18-19(20(23)24)17(2)21(25)26-18/h16-19,22H,3-15H2,1-2H3,(H,23,24)/t16-,17-,18-,19+/m0/s1. The van der Waals surface area contributed by atoms with Crippen LogP contribution in [0.4, 0.5) is 0 Å². The Morgan fingerprint density at radius 3 is 1.88 bits per heavy atom. The Kier molecular flexibility index (Phi) is 11.6. The second-order valence-corrected chi connectivity index (χ2v) is 7.94. The first-order chi connectivity index (χ1) is 12.4. The van der Waals surface area contributed by atoms with E-state index in [-0.39, 0.29) is 12.1 Å². The molecule has 0 aromatic rings. The summed E-state index contributed by atoms with van der Waals surface area (Å²) in [6.45, 7) is 3.50. The van der Waals surface area contributed by atoms with Crippen LogP contribution in [0.2, 0.25) is 0 Å². The molecule has 0 radical (unpaired) electrons. The maximum absolute atomic E-state index is 11.6. The molecule has 5 nitrogen and oxygen atoms in total. The number of unbranched alkanes of at least 4 members (excludes halogenated alkanes) is 10. The summed E-state index contributed by atoms with van der Waals surface area (Å²) in [6, 6.07) is 0. The largest absolute Gasteiger partial charge is 0.481 e. The lowest BCUT2D eigenvalue weighted by Gasteiger charge is -2.15. The number of carbonyl (C=O) groups is 2. The summed E-state index contributed by atoms with van der Waals surface area (Å²) in [4.78, 5) is 22.8. The zero-order valence-electron chi connectivity index (χ0n) is 16.6. The summed E-state index contributed by atoms with van der Waals surface area (Å²) in [6.07, 6.45) is 14.2. The van der Waals surface area contributed by atoms with Gasteiger partial charge in [0, 0.05) is 0 Å². The molecule has 2 N–H and O–H groups in total. The van der Waals surface area contributed by atoms with Crippen LogP contribution < -0.4 is 0 Å². The van der Waals surface area contributed by atoms with Gasteiger partial charge >= 0.3 is 11.9 Å². The van der Waals surface area contributed by atoms with Crippen molar-refractivity contribution in [2.45, 2.75) is 110 Å². The molecular formula is C21H38O5. The Morgan fingerprint density at radius 1 is 0.962 bits per heavy atom. The van der Waals surface area contributed by atoms with Crippen LogP contribution in [0.3, 0.4) is 0 Å². The van der Waals surface area contributed by atoms with E-state index in [0.29, 0.717) is 6.42 Å². The molecule has 1 heterocycles. The second kappa shape index (κ2) is 13.1. The molecule has 0 saturated carbocycles. The van der Waals surface area contributed by atoms with Crippen LogP contribution in [0.15, 0.2) is 0 Å². The number of hydrogen-bond donors (Lipinski definition) is 2. The quantitative estimate of drug-likeness (QED) is 0.322. The van der Waals surface area contributed by atoms with Gasteiger partial charge < -0.3 is 14.9 Å². The lowest BCUT2D eigenvalue weighted by Crippen LogP contribution is -2.27. The fraction of sp³-hybridized carbons (Fsp3) is 0.905. The van der Waals surface area contributed by atoms with E-state index in [1.54, 1.807) is 6.92 Å². The molecule has 0 aromatic heterocycles. The minimum Gasteiger partial charge on any atom is -0.481 e. The fourth-order valence-electron chi connectivity index (χ4n) is 3.79. The van der Waals surface area contributed by atoms with E-state index in [2.05, 4.69) is 0 Å². The minimum absolute atomic E-state index is 0.158. The third-order valence-electron chi connectivity index (χ3n) is 5.47. The SMILES string of the molecule is C[C@H](O)CCCCCCCCCCCCC[C@@H]1OC(=O)[C@@H](C)[C@H]1C(=O)O. The Bertz CT molecular complexity index is 407. The Hall–Kier alpha value is -1.10. The molecule has 26 heavy (non-hydrogen) atoms. The van der Waals surface area contributed by atoms with Crippen molar-refractivity contribution in [3.05, 3.63) is 0 Å². The highest BCUT2D eigenvalue weighted by molar-refractivity contribution is 5.84. The summed E-state index contributed by atoms with van der Waals surface area (Å²) < 4.78 is 5.23. The number of aliphatic carboxylic acids is 1. The molecule has 0 amide bonds. The zero-order valence-corrected chi connectivity index (χ0v) is 16.6. The third kappa shape index (κ3) is 9.02. The van der Waals surface area contributed by atoms with E-state index in [0.717, 1.165) is 25.7 Å². The first-order valence-electron chi connectivity index (χ1n) is 10.5. The van der Waals surface area contributed by atoms with Crippen molar-refractivity contribution in [1.82, 2.24) is 0 Å². The molecule has 1 fully saturated rings. The van der Waals surface area contributed by atoms with Gasteiger partial charge in [0.05, 0.1) is 12.0 Å². The molecular weight excluding hydrogens is 332 g/mol. The number of cyclic esters (lactones) is 1. The van der Waals surface area contributed by atoms with Gasteiger partial charge in [0.15, 0.2) is 0 Å². The molecule has 0 bridgehead atoms. The van der Waals surface area contributed by atoms with Gasteiger partial charge in [0.1, 0.15) is 12.0 Å². The van der Waals surface area contributed by atoms with E-state index in [1.165, 1.54) is 51.4 Å². The summed E-state index contributed by atoms with van der Waals surface area (Å²) in [5.41, 5.74) is 0. The monoisotopic (exact) mass is 370 g/mol. The number of ether oxygens (including phenoxy) is 1. The van der Waals surface area contributed by atoms with E-state index in [1.807, 2.05) is 6.92 Å². The molecule has 4 atom stereocenters. The van der Waals surface area contributed by atoms with Crippen molar-refractivity contribution >= 4 is 11.9 Å². The maximum Gasteiger partial charge on any atom is 0.311 e. The molecule has 1 aliphatic rings. The van der Waals surface area contributed by atoms with Gasteiger partial charge in [-0.1, -0.05) is 71.1 Å². The molecule has 0 aromatic carbocycles. The van der Waals surface area contributed by atoms with E-state index in [9.17, 15) is 19.8 Å². The maximum atomic E-state index is 11.6. The normalized spacial score (nSPS) is 23.8. The lowest BCUT2D eigenvalue weighted by molar-refractivity contribution is -0.144. The molecule has 1 aliphatic heterocycles. The molecule has 0 unspecified atom stereocenters. The van der Waals surface area contributed by atoms with Gasteiger partial charge in [0.25, 0.3) is 0 Å². The van der Waals surface area contributed by atoms with E-state index >= 15 is 0 Å². The van der Waals surface area contributed by atoms with Gasteiger partial charge in [-0.05, 0) is 26.2 Å². The van der Waals surface area contributed by atoms with E-state index in [4.69, 9.17) is 4.74 Å². The first kappa shape index (κ1) is 22.9. The lowest BCUT2D eigenvalue weighted by atomic mass is 9.89. The summed E-state index contributed by atoms with van der Waals surface area (Å²) in [7, 11) is 0. The van der Waals surface area contributed by atoms with Gasteiger partial charge in [-0.2, -0.15) is 0 Å². The number of esters is 1. The van der Waals surface area contributed by atoms with Crippen LogP contribution >= 0.6 is 0 Å². The summed E-state index contributed by atoms with van der Waals surface area (Å²) in [5, 5.41) is 18.4. The average molecular weight is 371 g/mol. The minimum atomic E-state index is -0.917. The highest BCUT2D eigenvalue weighted by Gasteiger charge is 2.45. The highest BCUT2D eigenvalue weighted by Crippen LogP contribution is 2.31. The van der Waals surface area contributed by atoms with Crippen molar-refractivity contribution in [2.24, 2.45) is 11.8 Å². The number of aliphatic hydroxyl groups is 1. The highest BCUT2D eigenvalue weighted by atomic mass is 16.6. The first-order valence-corrected chi connectivity index (χ1v) is 10.5. The summed E-state index contributed by atoms with van der Waals surface area (Å²) in [5.74, 6) is -2.49. The summed E-state index contributed by atoms with van der Waals surface area (Å²) >= 11 is 0. The van der Waals surface area contributed by atoms with Crippen molar-refractivity contribution in [3.8, 4) is 0 Å². The molecule has 1 rings (SSSR count). The molecule has 152 valence electrons. The Balaban J connectivity index is 1.92. The third-order valence-corrected chi connectivity index (χ3v) is 5.47. The van der Waals surface area contributed by atoms with Crippen LogP contribution in [0.25, 0.3) is 0 Å². The molecule has 0 aliphatic carbocycles. The second-order valence-electron chi connectivity index (χ2n) is 7.94. The fourth-order valence-corrected chi connectivity index (χ4v) is 3.79. The van der Waals surface area contributed by atoms with Gasteiger partial charge in [0.2, 0.25) is 0 Å². The van der Waals surface area contributed by atoms with Crippen molar-refractivity contribution < 1.29 is 24.5 Å². The Morgan fingerprint density at radius 2 is 1.42 bits per heavy atom. The van der Waals surface area contributed by atoms with Gasteiger partial charge in [-0.25, -0.2) is 0 Å². The Labute approximate surface area is 158 Å². The number of carboxylic acid groups (broad SMARTS) is 1. The van der Waals surface area contributed by atoms with Crippen molar-refractivity contribution in [2.75, 3.05) is 0 Å². The van der Waals surface area contributed by atoms with Crippen LogP contribution in [0.5, 0.6) is 0 Å². The van der Waals surface area contributed by atoms with Crippen molar-refractivity contribution in [3.63, 3.8) is 0 Å². The number of aliphatic hydroxyl groups excluding tert-OH is 1. The number of rotatable bonds is 15. The predicted octanol–water partition coefficient (Wildman–Crippen LogP) is 4.70. The van der Waals surface area contributed by atoms with Crippen LogP contribution in [0.1, 0.15) is 97.3 Å². The smallest absolute Gasteiger partial charge is 0.311 e. The number of carboxylic acids is 1. The van der Waals surface area contributed by atoms with Crippen LogP contribution in [-0.4, -0.2) is 34.4 Å². The van der Waals surface area contributed by atoms with Crippen LogP contribution in [0, 0.1) is 11.8 Å². The molecule has 0 spiro atoms.